The van der Waals surface area contributed by atoms with Crippen LogP contribution in [0.4, 0.5) is 0 Å². The second-order valence-corrected chi connectivity index (χ2v) is 18.8. The topological polar surface area (TPSA) is 175 Å². The molecule has 0 radical (unpaired) electrons. The van der Waals surface area contributed by atoms with Crippen molar-refractivity contribution >= 4 is 23.9 Å². The number of esters is 3. The van der Waals surface area contributed by atoms with Crippen molar-refractivity contribution in [2.75, 3.05) is 13.2 Å². The van der Waals surface area contributed by atoms with Crippen LogP contribution in [0.25, 0.3) is 0 Å². The molecule has 1 aliphatic rings. The summed E-state index contributed by atoms with van der Waals surface area (Å²) in [7, 11) is 0. The molecule has 12 nitrogen and oxygen atoms in total. The van der Waals surface area contributed by atoms with E-state index >= 15 is 0 Å². The standard InChI is InChI=1S/C61H98O12/c1-4-7-10-13-16-19-22-24-25-26-27-28-29-31-34-37-40-43-46-49-55(64)72-59-57(66)56(65)58(60(67)68)73-61(59)70-51-52(71-54(63)48-45-42-39-36-32-21-18-15-12-9-6-3)50-69-53(62)47-44-41-38-35-33-30-23-20-17-14-11-8-5-2/h7-8,10-11,16-17,19-20,24-25,27-28,30-31,33-34,52,56-59,61,65-66H,4-6,9,12-15,18,21-23,26,29,32,35-51H2,1-3H3,(H,67,68)/b10-7-,11-8-,19-16-,20-17-,25-24-,28-27-,33-30-,34-31-. The van der Waals surface area contributed by atoms with Crippen LogP contribution in [0.15, 0.2) is 97.2 Å². The molecule has 1 heterocycles. The molecule has 12 heteroatoms. The number of aliphatic hydroxyl groups is 2. The van der Waals surface area contributed by atoms with E-state index < -0.39 is 67.3 Å². The van der Waals surface area contributed by atoms with Gasteiger partial charge < -0.3 is 39.0 Å². The summed E-state index contributed by atoms with van der Waals surface area (Å²) < 4.78 is 28.3. The molecule has 0 bridgehead atoms. The maximum Gasteiger partial charge on any atom is 0.335 e. The zero-order chi connectivity index (χ0) is 53.3. The molecule has 6 atom stereocenters. The molecular formula is C61H98O12. The number of hydrogen-bond acceptors (Lipinski definition) is 11. The molecule has 0 aromatic heterocycles. The number of rotatable bonds is 46. The first-order valence-electron chi connectivity index (χ1n) is 28.2. The van der Waals surface area contributed by atoms with Crippen LogP contribution in [0.2, 0.25) is 0 Å². The highest BCUT2D eigenvalue weighted by molar-refractivity contribution is 5.74. The summed E-state index contributed by atoms with van der Waals surface area (Å²) in [5.41, 5.74) is 0. The Bertz CT molecular complexity index is 1640. The lowest BCUT2D eigenvalue weighted by Crippen LogP contribution is -2.61. The van der Waals surface area contributed by atoms with E-state index in [0.29, 0.717) is 19.3 Å². The second kappa shape index (κ2) is 48.6. The smallest absolute Gasteiger partial charge is 0.335 e. The van der Waals surface area contributed by atoms with Crippen LogP contribution in [0, 0.1) is 0 Å². The Morgan fingerprint density at radius 1 is 0.466 bits per heavy atom. The number of carboxylic acids is 1. The van der Waals surface area contributed by atoms with Crippen molar-refractivity contribution in [1.82, 2.24) is 0 Å². The van der Waals surface area contributed by atoms with Gasteiger partial charge in [0.1, 0.15) is 18.8 Å². The highest BCUT2D eigenvalue weighted by atomic mass is 16.7. The molecule has 73 heavy (non-hydrogen) atoms. The van der Waals surface area contributed by atoms with Gasteiger partial charge >= 0.3 is 23.9 Å². The van der Waals surface area contributed by atoms with E-state index in [4.69, 9.17) is 23.7 Å². The Balaban J connectivity index is 2.72. The number of aliphatic carboxylic acids is 1. The molecule has 0 aliphatic carbocycles. The van der Waals surface area contributed by atoms with Gasteiger partial charge in [-0.05, 0) is 96.3 Å². The lowest BCUT2D eigenvalue weighted by atomic mass is 9.98. The Morgan fingerprint density at radius 2 is 0.863 bits per heavy atom. The Hall–Kier alpha value is -4.36. The fourth-order valence-corrected chi connectivity index (χ4v) is 7.88. The first-order chi connectivity index (χ1) is 35.6. The molecule has 1 fully saturated rings. The Kier molecular flexibility index (Phi) is 44.4. The number of ether oxygens (including phenoxy) is 5. The molecule has 0 spiro atoms. The quantitative estimate of drug-likeness (QED) is 0.0228. The molecule has 414 valence electrons. The zero-order valence-corrected chi connectivity index (χ0v) is 45.3. The fourth-order valence-electron chi connectivity index (χ4n) is 7.88. The molecule has 0 aromatic rings. The van der Waals surface area contributed by atoms with Gasteiger partial charge in [-0.3, -0.25) is 14.4 Å². The molecule has 1 aliphatic heterocycles. The van der Waals surface area contributed by atoms with E-state index in [1.807, 2.05) is 0 Å². The summed E-state index contributed by atoms with van der Waals surface area (Å²) in [6.45, 7) is 5.70. The Labute approximate surface area is 441 Å². The van der Waals surface area contributed by atoms with E-state index in [-0.39, 0.29) is 25.9 Å². The van der Waals surface area contributed by atoms with E-state index in [9.17, 15) is 34.5 Å². The predicted molar refractivity (Wildman–Crippen MR) is 294 cm³/mol. The third-order valence-corrected chi connectivity index (χ3v) is 12.2. The van der Waals surface area contributed by atoms with E-state index in [2.05, 4.69) is 118 Å². The van der Waals surface area contributed by atoms with Crippen molar-refractivity contribution in [3.63, 3.8) is 0 Å². The van der Waals surface area contributed by atoms with Gasteiger partial charge in [0, 0.05) is 19.3 Å². The normalized spacial score (nSPS) is 19.1. The molecule has 0 saturated carbocycles. The summed E-state index contributed by atoms with van der Waals surface area (Å²) in [4.78, 5) is 51.0. The molecule has 0 aromatic carbocycles. The van der Waals surface area contributed by atoms with Gasteiger partial charge in [0.25, 0.3) is 0 Å². The average Bonchev–Trinajstić information content (AvgIpc) is 3.37. The van der Waals surface area contributed by atoms with Gasteiger partial charge in [-0.1, -0.05) is 195 Å². The van der Waals surface area contributed by atoms with E-state index in [0.717, 1.165) is 109 Å². The predicted octanol–water partition coefficient (Wildman–Crippen LogP) is 14.1. The minimum Gasteiger partial charge on any atom is -0.479 e. The van der Waals surface area contributed by atoms with Gasteiger partial charge in [0.05, 0.1) is 6.61 Å². The SMILES string of the molecule is CC/C=C\C/C=C\C/C=C\C/C=C\C/C=C\CCCCCC(=O)OC1C(OCC(COC(=O)CCCCC/C=C\C/C=C\C/C=C\CC)OC(=O)CCCCCCCCCCCCC)OC(C(=O)O)C(O)C1O. The van der Waals surface area contributed by atoms with Crippen molar-refractivity contribution in [2.45, 2.75) is 250 Å². The first-order valence-corrected chi connectivity index (χ1v) is 28.2. The van der Waals surface area contributed by atoms with Crippen molar-refractivity contribution < 1.29 is 58.2 Å². The number of allylic oxidation sites excluding steroid dienone is 16. The van der Waals surface area contributed by atoms with Crippen LogP contribution < -0.4 is 0 Å². The van der Waals surface area contributed by atoms with Gasteiger partial charge in [-0.2, -0.15) is 0 Å². The maximum atomic E-state index is 13.1. The fraction of sp³-hybridized carbons (Fsp3) is 0.672. The number of hydrogen-bond donors (Lipinski definition) is 3. The van der Waals surface area contributed by atoms with Crippen molar-refractivity contribution in [3.8, 4) is 0 Å². The van der Waals surface area contributed by atoms with E-state index in [1.54, 1.807) is 0 Å². The number of aliphatic hydroxyl groups excluding tert-OH is 2. The molecule has 6 unspecified atom stereocenters. The molecule has 1 rings (SSSR count). The molecule has 1 saturated heterocycles. The van der Waals surface area contributed by atoms with Crippen molar-refractivity contribution in [3.05, 3.63) is 97.2 Å². The van der Waals surface area contributed by atoms with Gasteiger partial charge in [-0.15, -0.1) is 0 Å². The molecular weight excluding hydrogens is 925 g/mol. The van der Waals surface area contributed by atoms with Crippen LogP contribution in [0.1, 0.15) is 213 Å². The molecule has 0 amide bonds. The van der Waals surface area contributed by atoms with Crippen molar-refractivity contribution in [2.24, 2.45) is 0 Å². The summed E-state index contributed by atoms with van der Waals surface area (Å²) in [5.74, 6) is -3.21. The van der Waals surface area contributed by atoms with Crippen LogP contribution in [0.5, 0.6) is 0 Å². The van der Waals surface area contributed by atoms with Gasteiger partial charge in [0.2, 0.25) is 0 Å². The summed E-state index contributed by atoms with van der Waals surface area (Å²) in [6.07, 6.45) is 51.0. The van der Waals surface area contributed by atoms with Gasteiger partial charge in [-0.25, -0.2) is 4.79 Å². The van der Waals surface area contributed by atoms with Crippen molar-refractivity contribution in [1.29, 1.82) is 0 Å². The summed E-state index contributed by atoms with van der Waals surface area (Å²) in [6, 6.07) is 0. The third-order valence-electron chi connectivity index (χ3n) is 12.2. The number of carbonyl (C=O) groups excluding carboxylic acids is 3. The van der Waals surface area contributed by atoms with Gasteiger partial charge in [0.15, 0.2) is 24.6 Å². The monoisotopic (exact) mass is 1020 g/mol. The number of unbranched alkanes of at least 4 members (excludes halogenated alkanes) is 16. The zero-order valence-electron chi connectivity index (χ0n) is 45.3. The highest BCUT2D eigenvalue weighted by Gasteiger charge is 2.50. The first kappa shape index (κ1) is 66.7. The lowest BCUT2D eigenvalue weighted by molar-refractivity contribution is -0.301. The maximum absolute atomic E-state index is 13.1. The van der Waals surface area contributed by atoms with Crippen LogP contribution >= 0.6 is 0 Å². The van der Waals surface area contributed by atoms with E-state index in [1.165, 1.54) is 44.9 Å². The van der Waals surface area contributed by atoms with Crippen LogP contribution in [-0.2, 0) is 42.9 Å². The molecule has 3 N–H and O–H groups in total. The Morgan fingerprint density at radius 3 is 1.32 bits per heavy atom. The minimum absolute atomic E-state index is 0.0149. The minimum atomic E-state index is -1.92. The average molecular weight is 1020 g/mol. The summed E-state index contributed by atoms with van der Waals surface area (Å²) in [5, 5.41) is 31.4. The highest BCUT2D eigenvalue weighted by Crippen LogP contribution is 2.26. The third kappa shape index (κ3) is 38.8. The number of carboxylic acid groups (broad SMARTS) is 1. The summed E-state index contributed by atoms with van der Waals surface area (Å²) >= 11 is 0. The largest absolute Gasteiger partial charge is 0.479 e. The van der Waals surface area contributed by atoms with Crippen LogP contribution in [-0.4, -0.2) is 89.2 Å². The lowest BCUT2D eigenvalue weighted by Gasteiger charge is -2.40. The second-order valence-electron chi connectivity index (χ2n) is 18.8. The van der Waals surface area contributed by atoms with Crippen LogP contribution in [0.3, 0.4) is 0 Å². The number of carbonyl (C=O) groups is 4.